The van der Waals surface area contributed by atoms with Gasteiger partial charge in [-0.2, -0.15) is 0 Å². The van der Waals surface area contributed by atoms with Gasteiger partial charge in [-0.05, 0) is 24.8 Å². The van der Waals surface area contributed by atoms with Crippen molar-refractivity contribution >= 4 is 5.91 Å². The molecular weight excluding hydrogens is 212 g/mol. The van der Waals surface area contributed by atoms with Gasteiger partial charge in [-0.25, -0.2) is 0 Å². The van der Waals surface area contributed by atoms with Gasteiger partial charge in [0.2, 0.25) is 5.91 Å². The summed E-state index contributed by atoms with van der Waals surface area (Å²) in [4.78, 5) is 14.1. The lowest BCUT2D eigenvalue weighted by Crippen LogP contribution is -2.44. The molecular formula is C14H20N2O. The highest BCUT2D eigenvalue weighted by Crippen LogP contribution is 2.29. The van der Waals surface area contributed by atoms with E-state index in [4.69, 9.17) is 5.73 Å². The maximum Gasteiger partial charge on any atom is 0.240 e. The molecule has 1 fully saturated rings. The minimum atomic E-state index is -0.348. The molecule has 92 valence electrons. The molecule has 1 aromatic rings. The van der Waals surface area contributed by atoms with Crippen LogP contribution in [0.2, 0.25) is 0 Å². The van der Waals surface area contributed by atoms with Gasteiger partial charge in [-0.15, -0.1) is 0 Å². The molecule has 1 aliphatic carbocycles. The molecule has 0 aliphatic heterocycles. The molecule has 0 aromatic heterocycles. The van der Waals surface area contributed by atoms with Gasteiger partial charge in [-0.1, -0.05) is 37.3 Å². The van der Waals surface area contributed by atoms with Crippen LogP contribution in [0.5, 0.6) is 0 Å². The van der Waals surface area contributed by atoms with Gasteiger partial charge in [0.25, 0.3) is 0 Å². The second-order valence-electron chi connectivity index (χ2n) is 4.70. The van der Waals surface area contributed by atoms with Crippen molar-refractivity contribution in [2.45, 2.75) is 44.8 Å². The highest BCUT2D eigenvalue weighted by Gasteiger charge is 2.34. The Kier molecular flexibility index (Phi) is 3.79. The molecule has 0 heterocycles. The van der Waals surface area contributed by atoms with E-state index in [-0.39, 0.29) is 11.9 Å². The third-order valence-corrected chi connectivity index (χ3v) is 3.22. The Bertz CT molecular complexity index is 373. The van der Waals surface area contributed by atoms with Gasteiger partial charge in [-0.3, -0.25) is 4.79 Å². The number of hydrogen-bond donors (Lipinski definition) is 1. The van der Waals surface area contributed by atoms with Crippen molar-refractivity contribution in [3.63, 3.8) is 0 Å². The van der Waals surface area contributed by atoms with E-state index in [1.807, 2.05) is 30.0 Å². The standard InChI is InChI=1S/C14H20N2O/c1-2-13(15)14(17)16(12-8-9-12)10-11-6-4-3-5-7-11/h3-7,12-13H,2,8-10,15H2,1H3/t13-/m0/s1. The summed E-state index contributed by atoms with van der Waals surface area (Å²) in [6, 6.07) is 10.2. The van der Waals surface area contributed by atoms with Crippen LogP contribution in [0.3, 0.4) is 0 Å². The Morgan fingerprint density at radius 1 is 1.41 bits per heavy atom. The number of rotatable bonds is 5. The first-order valence-corrected chi connectivity index (χ1v) is 6.32. The van der Waals surface area contributed by atoms with E-state index in [9.17, 15) is 4.79 Å². The van der Waals surface area contributed by atoms with E-state index in [1.54, 1.807) is 0 Å². The summed E-state index contributed by atoms with van der Waals surface area (Å²) in [6.07, 6.45) is 2.95. The average Bonchev–Trinajstić information content (AvgIpc) is 3.19. The zero-order valence-corrected chi connectivity index (χ0v) is 10.3. The van der Waals surface area contributed by atoms with Gasteiger partial charge in [0.05, 0.1) is 6.04 Å². The Morgan fingerprint density at radius 3 is 2.59 bits per heavy atom. The normalized spacial score (nSPS) is 16.6. The first kappa shape index (κ1) is 12.1. The van der Waals surface area contributed by atoms with Crippen molar-refractivity contribution in [3.8, 4) is 0 Å². The predicted octanol–water partition coefficient (Wildman–Crippen LogP) is 1.91. The molecule has 0 spiro atoms. The van der Waals surface area contributed by atoms with Crippen LogP contribution < -0.4 is 5.73 Å². The van der Waals surface area contributed by atoms with Gasteiger partial charge < -0.3 is 10.6 Å². The molecule has 1 aromatic carbocycles. The average molecular weight is 232 g/mol. The lowest BCUT2D eigenvalue weighted by atomic mass is 10.1. The molecule has 2 N–H and O–H groups in total. The third-order valence-electron chi connectivity index (χ3n) is 3.22. The maximum absolute atomic E-state index is 12.2. The van der Waals surface area contributed by atoms with Crippen LogP contribution in [0.4, 0.5) is 0 Å². The molecule has 3 nitrogen and oxygen atoms in total. The molecule has 2 rings (SSSR count). The van der Waals surface area contributed by atoms with E-state index in [0.717, 1.165) is 12.8 Å². The minimum Gasteiger partial charge on any atom is -0.334 e. The molecule has 1 atom stereocenters. The van der Waals surface area contributed by atoms with Gasteiger partial charge in [0.1, 0.15) is 0 Å². The largest absolute Gasteiger partial charge is 0.334 e. The number of benzene rings is 1. The fourth-order valence-electron chi connectivity index (χ4n) is 1.94. The van der Waals surface area contributed by atoms with Crippen LogP contribution in [0.1, 0.15) is 31.7 Å². The first-order chi connectivity index (χ1) is 8.22. The van der Waals surface area contributed by atoms with E-state index >= 15 is 0 Å². The summed E-state index contributed by atoms with van der Waals surface area (Å²) in [5.74, 6) is 0.0962. The molecule has 1 saturated carbocycles. The highest BCUT2D eigenvalue weighted by atomic mass is 16.2. The molecule has 0 bridgehead atoms. The van der Waals surface area contributed by atoms with E-state index in [2.05, 4.69) is 12.1 Å². The summed E-state index contributed by atoms with van der Waals surface area (Å²) >= 11 is 0. The van der Waals surface area contributed by atoms with Crippen LogP contribution in [-0.2, 0) is 11.3 Å². The predicted molar refractivity (Wildman–Crippen MR) is 68.3 cm³/mol. The van der Waals surface area contributed by atoms with E-state index in [1.165, 1.54) is 5.56 Å². The number of amides is 1. The zero-order valence-electron chi connectivity index (χ0n) is 10.3. The second kappa shape index (κ2) is 5.32. The quantitative estimate of drug-likeness (QED) is 0.843. The van der Waals surface area contributed by atoms with Gasteiger partial charge in [0, 0.05) is 12.6 Å². The number of nitrogens with zero attached hydrogens (tertiary/aromatic N) is 1. The molecule has 17 heavy (non-hydrogen) atoms. The Balaban J connectivity index is 2.05. The number of carbonyl (C=O) groups excluding carboxylic acids is 1. The fourth-order valence-corrected chi connectivity index (χ4v) is 1.94. The molecule has 0 unspecified atom stereocenters. The SMILES string of the molecule is CC[C@H](N)C(=O)N(Cc1ccccc1)C1CC1. The van der Waals surface area contributed by atoms with Crippen molar-refractivity contribution in [3.05, 3.63) is 35.9 Å². The zero-order chi connectivity index (χ0) is 12.3. The molecule has 1 aliphatic rings. The lowest BCUT2D eigenvalue weighted by Gasteiger charge is -2.25. The number of carbonyl (C=O) groups is 1. The Labute approximate surface area is 103 Å². The fraction of sp³-hybridized carbons (Fsp3) is 0.500. The first-order valence-electron chi connectivity index (χ1n) is 6.32. The summed E-state index contributed by atoms with van der Waals surface area (Å²) in [6.45, 7) is 2.65. The monoisotopic (exact) mass is 232 g/mol. The van der Waals surface area contributed by atoms with Gasteiger partial charge >= 0.3 is 0 Å². The van der Waals surface area contributed by atoms with E-state index < -0.39 is 0 Å². The number of nitrogens with two attached hydrogens (primary N) is 1. The Hall–Kier alpha value is -1.35. The van der Waals surface area contributed by atoms with Crippen molar-refractivity contribution in [2.24, 2.45) is 5.73 Å². The van der Waals surface area contributed by atoms with Crippen molar-refractivity contribution < 1.29 is 4.79 Å². The van der Waals surface area contributed by atoms with Gasteiger partial charge in [0.15, 0.2) is 0 Å². The van der Waals surface area contributed by atoms with Crippen LogP contribution in [0, 0.1) is 0 Å². The maximum atomic E-state index is 12.2. The molecule has 1 amide bonds. The highest BCUT2D eigenvalue weighted by molar-refractivity contribution is 5.82. The van der Waals surface area contributed by atoms with Crippen LogP contribution in [0.15, 0.2) is 30.3 Å². The van der Waals surface area contributed by atoms with Crippen LogP contribution >= 0.6 is 0 Å². The smallest absolute Gasteiger partial charge is 0.240 e. The third kappa shape index (κ3) is 3.07. The summed E-state index contributed by atoms with van der Waals surface area (Å²) < 4.78 is 0. The second-order valence-corrected chi connectivity index (χ2v) is 4.70. The minimum absolute atomic E-state index is 0.0962. The topological polar surface area (TPSA) is 46.3 Å². The molecule has 0 radical (unpaired) electrons. The lowest BCUT2D eigenvalue weighted by molar-refractivity contribution is -0.133. The van der Waals surface area contributed by atoms with Crippen molar-refractivity contribution in [1.82, 2.24) is 4.90 Å². The molecule has 3 heteroatoms. The van der Waals surface area contributed by atoms with Crippen molar-refractivity contribution in [2.75, 3.05) is 0 Å². The molecule has 0 saturated heterocycles. The van der Waals surface area contributed by atoms with Crippen molar-refractivity contribution in [1.29, 1.82) is 0 Å². The number of hydrogen-bond acceptors (Lipinski definition) is 2. The van der Waals surface area contributed by atoms with Crippen LogP contribution in [-0.4, -0.2) is 22.9 Å². The van der Waals surface area contributed by atoms with E-state index in [0.29, 0.717) is 19.0 Å². The van der Waals surface area contributed by atoms with Crippen LogP contribution in [0.25, 0.3) is 0 Å². The summed E-state index contributed by atoms with van der Waals surface area (Å²) in [5.41, 5.74) is 7.02. The Morgan fingerprint density at radius 2 is 2.06 bits per heavy atom. The summed E-state index contributed by atoms with van der Waals surface area (Å²) in [7, 11) is 0. The summed E-state index contributed by atoms with van der Waals surface area (Å²) in [5, 5.41) is 0.